The predicted octanol–water partition coefficient (Wildman–Crippen LogP) is 3.56. The number of benzene rings is 1. The summed E-state index contributed by atoms with van der Waals surface area (Å²) in [7, 11) is 0. The Hall–Kier alpha value is -0.440. The number of hydrogen-bond acceptors (Lipinski definition) is 0. The second-order valence-corrected chi connectivity index (χ2v) is 3.31. The van der Waals surface area contributed by atoms with Crippen LogP contribution in [0.4, 0.5) is 8.78 Å². The van der Waals surface area contributed by atoms with Crippen LogP contribution in [0.25, 0.3) is 0 Å². The monoisotopic (exact) mass is 220 g/mol. The average Bonchev–Trinajstić information content (AvgIpc) is 1.86. The average molecular weight is 221 g/mol. The fourth-order valence-corrected chi connectivity index (χ4v) is 1.01. The molecule has 0 atom stereocenters. The lowest BCUT2D eigenvalue weighted by atomic mass is 10.1. The minimum absolute atomic E-state index is 0.0423. The normalized spacial score (nSPS) is 11.6. The topological polar surface area (TPSA) is 0 Å². The lowest BCUT2D eigenvalue weighted by Crippen LogP contribution is -2.05. The SMILES string of the molecule is CC(F)(F)c1ccc(Br)cc1. The molecular formula is C8H7BrF2. The van der Waals surface area contributed by atoms with Gasteiger partial charge >= 0.3 is 0 Å². The number of rotatable bonds is 1. The van der Waals surface area contributed by atoms with Crippen LogP contribution in [0.5, 0.6) is 0 Å². The van der Waals surface area contributed by atoms with Crippen LogP contribution >= 0.6 is 15.9 Å². The highest BCUT2D eigenvalue weighted by molar-refractivity contribution is 9.10. The van der Waals surface area contributed by atoms with Crippen LogP contribution in [0, 0.1) is 0 Å². The Labute approximate surface area is 72.4 Å². The molecule has 0 saturated heterocycles. The first-order valence-corrected chi connectivity index (χ1v) is 3.93. The van der Waals surface area contributed by atoms with Crippen LogP contribution in [0.15, 0.2) is 28.7 Å². The van der Waals surface area contributed by atoms with Crippen molar-refractivity contribution in [2.75, 3.05) is 0 Å². The van der Waals surface area contributed by atoms with Crippen molar-refractivity contribution in [3.05, 3.63) is 34.3 Å². The van der Waals surface area contributed by atoms with Gasteiger partial charge in [0.15, 0.2) is 0 Å². The molecule has 1 aromatic carbocycles. The molecule has 0 spiro atoms. The van der Waals surface area contributed by atoms with E-state index in [-0.39, 0.29) is 5.56 Å². The largest absolute Gasteiger partial charge is 0.270 e. The van der Waals surface area contributed by atoms with E-state index in [2.05, 4.69) is 15.9 Å². The summed E-state index contributed by atoms with van der Waals surface area (Å²) < 4.78 is 26.0. The van der Waals surface area contributed by atoms with Gasteiger partial charge in [-0.15, -0.1) is 0 Å². The van der Waals surface area contributed by atoms with E-state index in [4.69, 9.17) is 0 Å². The second kappa shape index (κ2) is 2.89. The van der Waals surface area contributed by atoms with Gasteiger partial charge in [0.1, 0.15) is 0 Å². The summed E-state index contributed by atoms with van der Waals surface area (Å²) in [4.78, 5) is 0. The van der Waals surface area contributed by atoms with Gasteiger partial charge in [-0.1, -0.05) is 28.1 Å². The highest BCUT2D eigenvalue weighted by Gasteiger charge is 2.23. The third kappa shape index (κ3) is 2.26. The highest BCUT2D eigenvalue weighted by atomic mass is 79.9. The minimum Gasteiger partial charge on any atom is -0.202 e. The van der Waals surface area contributed by atoms with Crippen LogP contribution in [0.2, 0.25) is 0 Å². The van der Waals surface area contributed by atoms with E-state index in [1.165, 1.54) is 12.1 Å². The smallest absolute Gasteiger partial charge is 0.202 e. The first kappa shape index (κ1) is 8.65. The van der Waals surface area contributed by atoms with E-state index in [0.717, 1.165) is 11.4 Å². The molecule has 60 valence electrons. The van der Waals surface area contributed by atoms with Gasteiger partial charge in [0.05, 0.1) is 0 Å². The van der Waals surface area contributed by atoms with Crippen molar-refractivity contribution < 1.29 is 8.78 Å². The molecule has 0 N–H and O–H groups in total. The van der Waals surface area contributed by atoms with Crippen molar-refractivity contribution in [1.82, 2.24) is 0 Å². The Balaban J connectivity index is 2.99. The Morgan fingerprint density at radius 2 is 1.64 bits per heavy atom. The molecule has 1 rings (SSSR count). The van der Waals surface area contributed by atoms with E-state index in [1.54, 1.807) is 12.1 Å². The molecule has 0 saturated carbocycles. The Morgan fingerprint density at radius 1 is 1.18 bits per heavy atom. The molecule has 0 unspecified atom stereocenters. The van der Waals surface area contributed by atoms with Crippen molar-refractivity contribution in [2.24, 2.45) is 0 Å². The van der Waals surface area contributed by atoms with E-state index in [1.807, 2.05) is 0 Å². The Morgan fingerprint density at radius 3 is 2.00 bits per heavy atom. The Kier molecular flexibility index (Phi) is 2.28. The first-order chi connectivity index (χ1) is 5.00. The van der Waals surface area contributed by atoms with Crippen molar-refractivity contribution in [3.63, 3.8) is 0 Å². The van der Waals surface area contributed by atoms with Gasteiger partial charge in [-0.05, 0) is 12.1 Å². The van der Waals surface area contributed by atoms with Crippen molar-refractivity contribution in [1.29, 1.82) is 0 Å². The van der Waals surface area contributed by atoms with Crippen LogP contribution in [-0.2, 0) is 5.92 Å². The maximum atomic E-state index is 12.6. The zero-order chi connectivity index (χ0) is 8.48. The molecule has 0 nitrogen and oxygen atoms in total. The number of halogens is 3. The van der Waals surface area contributed by atoms with Gasteiger partial charge < -0.3 is 0 Å². The third-order valence-electron chi connectivity index (χ3n) is 1.35. The predicted molar refractivity (Wildman–Crippen MR) is 43.7 cm³/mol. The van der Waals surface area contributed by atoms with Gasteiger partial charge in [-0.25, -0.2) is 8.78 Å². The quantitative estimate of drug-likeness (QED) is 0.680. The summed E-state index contributed by atoms with van der Waals surface area (Å²) in [6, 6.07) is 6.02. The molecule has 3 heteroatoms. The summed E-state index contributed by atoms with van der Waals surface area (Å²) >= 11 is 3.17. The molecule has 1 aromatic rings. The molecule has 0 heterocycles. The molecule has 0 aromatic heterocycles. The van der Waals surface area contributed by atoms with Crippen molar-refractivity contribution >= 4 is 15.9 Å². The molecule has 0 aliphatic heterocycles. The van der Waals surface area contributed by atoms with E-state index < -0.39 is 5.92 Å². The van der Waals surface area contributed by atoms with Crippen LogP contribution in [0.3, 0.4) is 0 Å². The van der Waals surface area contributed by atoms with Crippen LogP contribution in [-0.4, -0.2) is 0 Å². The molecule has 0 amide bonds. The van der Waals surface area contributed by atoms with Crippen molar-refractivity contribution in [2.45, 2.75) is 12.8 Å². The zero-order valence-electron chi connectivity index (χ0n) is 5.94. The molecule has 0 fully saturated rings. The lowest BCUT2D eigenvalue weighted by Gasteiger charge is -2.09. The number of alkyl halides is 2. The van der Waals surface area contributed by atoms with Crippen molar-refractivity contribution in [3.8, 4) is 0 Å². The Bertz CT molecular complexity index is 235. The van der Waals surface area contributed by atoms with E-state index in [0.29, 0.717) is 0 Å². The molecule has 0 aliphatic rings. The maximum absolute atomic E-state index is 12.6. The third-order valence-corrected chi connectivity index (χ3v) is 1.88. The van der Waals surface area contributed by atoms with E-state index >= 15 is 0 Å². The summed E-state index contributed by atoms with van der Waals surface area (Å²) in [6.45, 7) is 0.885. The van der Waals surface area contributed by atoms with Crippen LogP contribution in [0.1, 0.15) is 12.5 Å². The van der Waals surface area contributed by atoms with Gasteiger partial charge in [0, 0.05) is 17.0 Å². The molecule has 0 aliphatic carbocycles. The fourth-order valence-electron chi connectivity index (χ4n) is 0.743. The van der Waals surface area contributed by atoms with Gasteiger partial charge in [-0.3, -0.25) is 0 Å². The maximum Gasteiger partial charge on any atom is 0.270 e. The highest BCUT2D eigenvalue weighted by Crippen LogP contribution is 2.27. The van der Waals surface area contributed by atoms with Gasteiger partial charge in [0.2, 0.25) is 0 Å². The fraction of sp³-hybridized carbons (Fsp3) is 0.250. The zero-order valence-corrected chi connectivity index (χ0v) is 7.53. The molecular weight excluding hydrogens is 214 g/mol. The first-order valence-electron chi connectivity index (χ1n) is 3.14. The molecule has 0 bridgehead atoms. The minimum atomic E-state index is -2.74. The van der Waals surface area contributed by atoms with Crippen LogP contribution < -0.4 is 0 Å². The second-order valence-electron chi connectivity index (χ2n) is 2.40. The summed E-state index contributed by atoms with van der Waals surface area (Å²) in [5.41, 5.74) is 0.0423. The van der Waals surface area contributed by atoms with Gasteiger partial charge in [0.25, 0.3) is 5.92 Å². The summed E-state index contributed by atoms with van der Waals surface area (Å²) in [5.74, 6) is -2.74. The summed E-state index contributed by atoms with van der Waals surface area (Å²) in [5, 5.41) is 0. The number of hydrogen-bond donors (Lipinski definition) is 0. The molecule has 11 heavy (non-hydrogen) atoms. The molecule has 0 radical (unpaired) electrons. The standard InChI is InChI=1S/C8H7BrF2/c1-8(10,11)6-2-4-7(9)5-3-6/h2-5H,1H3. The van der Waals surface area contributed by atoms with E-state index in [9.17, 15) is 8.78 Å². The van der Waals surface area contributed by atoms with Gasteiger partial charge in [-0.2, -0.15) is 0 Å². The summed E-state index contributed by atoms with van der Waals surface area (Å²) in [6.07, 6.45) is 0. The lowest BCUT2D eigenvalue weighted by molar-refractivity contribution is 0.0174.